The van der Waals surface area contributed by atoms with Crippen LogP contribution in [0.2, 0.25) is 0 Å². The summed E-state index contributed by atoms with van der Waals surface area (Å²) in [5.74, 6) is -0.370. The van der Waals surface area contributed by atoms with Gasteiger partial charge in [0.1, 0.15) is 24.0 Å². The number of nitrogens with zero attached hydrogens (tertiary/aromatic N) is 4. The zero-order valence-corrected chi connectivity index (χ0v) is 31.9. The van der Waals surface area contributed by atoms with E-state index in [9.17, 15) is 22.8 Å². The highest BCUT2D eigenvalue weighted by Crippen LogP contribution is 2.37. The summed E-state index contributed by atoms with van der Waals surface area (Å²) in [6.45, 7) is 5.97. The van der Waals surface area contributed by atoms with Gasteiger partial charge in [-0.1, -0.05) is 42.5 Å². The average molecular weight is 772 g/mol. The number of hydrogen-bond donors (Lipinski definition) is 1. The van der Waals surface area contributed by atoms with E-state index in [2.05, 4.69) is 15.5 Å². The molecule has 7 rings (SSSR count). The first-order chi connectivity index (χ1) is 26.3. The number of carbonyl (C=O) groups excluding carboxylic acids is 3. The van der Waals surface area contributed by atoms with Gasteiger partial charge in [-0.05, 0) is 94.3 Å². The van der Waals surface area contributed by atoms with Gasteiger partial charge in [0.2, 0.25) is 11.8 Å². The summed E-state index contributed by atoms with van der Waals surface area (Å²) in [7, 11) is -4.11. The Hall–Kier alpha value is -5.44. The second-order valence-electron chi connectivity index (χ2n) is 15.2. The molecule has 1 saturated heterocycles. The zero-order valence-electron chi connectivity index (χ0n) is 31.1. The summed E-state index contributed by atoms with van der Waals surface area (Å²) in [5.41, 5.74) is 1.23. The molecule has 2 atom stereocenters. The molecule has 1 saturated carbocycles. The number of alkyl carbamates (subject to hydrolysis) is 1. The SMILES string of the molecule is CC(C)(C)OC(=O)N[C@H]1CS(=O)(=O)c2ccc(-c3nnc(C4CCN(C(=O)OCc5ccccc5)C4)o3)cc2N(Cc2ccc(OC3CCCC3)cc2)C1=O. The number of rotatable bonds is 9. The van der Waals surface area contributed by atoms with Crippen molar-refractivity contribution in [2.24, 2.45) is 0 Å². The molecule has 0 spiro atoms. The number of aromatic nitrogens is 2. The normalized spacial score (nSPS) is 19.8. The third kappa shape index (κ3) is 9.10. The van der Waals surface area contributed by atoms with Gasteiger partial charge in [0, 0.05) is 18.7 Å². The van der Waals surface area contributed by atoms with Crippen molar-refractivity contribution in [2.45, 2.75) is 94.6 Å². The molecule has 3 amide bonds. The van der Waals surface area contributed by atoms with E-state index in [1.54, 1.807) is 31.7 Å². The molecular formula is C40H45N5O9S. The monoisotopic (exact) mass is 771 g/mol. The lowest BCUT2D eigenvalue weighted by molar-refractivity contribution is -0.120. The van der Waals surface area contributed by atoms with Crippen LogP contribution in [0.3, 0.4) is 0 Å². The number of likely N-dealkylation sites (tertiary alicyclic amines) is 1. The number of sulfone groups is 1. The molecular weight excluding hydrogens is 727 g/mol. The fourth-order valence-electron chi connectivity index (χ4n) is 7.04. The number of ether oxygens (including phenoxy) is 3. The lowest BCUT2D eigenvalue weighted by Crippen LogP contribution is -2.51. The first kappa shape index (κ1) is 37.9. The fraction of sp³-hybridized carbons (Fsp3) is 0.425. The van der Waals surface area contributed by atoms with Crippen molar-refractivity contribution in [3.63, 3.8) is 0 Å². The molecule has 55 heavy (non-hydrogen) atoms. The Labute approximate surface area is 320 Å². The van der Waals surface area contributed by atoms with Crippen LogP contribution in [0.4, 0.5) is 15.3 Å². The number of fused-ring (bicyclic) bond motifs is 1. The Kier molecular flexibility index (Phi) is 10.8. The van der Waals surface area contributed by atoms with Crippen LogP contribution in [0, 0.1) is 0 Å². The highest BCUT2D eigenvalue weighted by molar-refractivity contribution is 7.91. The van der Waals surface area contributed by atoms with E-state index in [1.807, 2.05) is 54.6 Å². The molecule has 290 valence electrons. The Balaban J connectivity index is 1.13. The lowest BCUT2D eigenvalue weighted by atomic mass is 10.1. The molecule has 3 aromatic carbocycles. The molecule has 0 bridgehead atoms. The Morgan fingerprint density at radius 1 is 0.945 bits per heavy atom. The van der Waals surface area contributed by atoms with Gasteiger partial charge in [-0.2, -0.15) is 0 Å². The van der Waals surface area contributed by atoms with Crippen molar-refractivity contribution in [1.82, 2.24) is 20.4 Å². The van der Waals surface area contributed by atoms with Gasteiger partial charge < -0.3 is 33.7 Å². The minimum atomic E-state index is -4.11. The van der Waals surface area contributed by atoms with Crippen LogP contribution in [-0.2, 0) is 37.3 Å². The van der Waals surface area contributed by atoms with Crippen LogP contribution in [0.5, 0.6) is 5.75 Å². The van der Waals surface area contributed by atoms with Gasteiger partial charge in [-0.25, -0.2) is 18.0 Å². The summed E-state index contributed by atoms with van der Waals surface area (Å²) < 4.78 is 50.9. The zero-order chi connectivity index (χ0) is 38.7. The van der Waals surface area contributed by atoms with Gasteiger partial charge in [-0.3, -0.25) is 4.79 Å². The predicted octanol–water partition coefficient (Wildman–Crippen LogP) is 6.40. The molecule has 1 aromatic heterocycles. The molecule has 1 N–H and O–H groups in total. The number of hydrogen-bond acceptors (Lipinski definition) is 11. The molecule has 0 radical (unpaired) electrons. The molecule has 3 aliphatic rings. The van der Waals surface area contributed by atoms with E-state index in [1.165, 1.54) is 17.0 Å². The second kappa shape index (κ2) is 15.7. The van der Waals surface area contributed by atoms with Crippen molar-refractivity contribution in [3.05, 3.63) is 89.8 Å². The van der Waals surface area contributed by atoms with Gasteiger partial charge in [0.25, 0.3) is 5.91 Å². The number of carbonyl (C=O) groups is 3. The molecule has 15 heteroatoms. The van der Waals surface area contributed by atoms with Crippen LogP contribution in [-0.4, -0.2) is 78.2 Å². The Morgan fingerprint density at radius 3 is 2.42 bits per heavy atom. The summed E-state index contributed by atoms with van der Waals surface area (Å²) in [6.07, 6.45) is 3.71. The lowest BCUT2D eigenvalue weighted by Gasteiger charge is -2.27. The van der Waals surface area contributed by atoms with E-state index in [0.717, 1.165) is 31.2 Å². The first-order valence-electron chi connectivity index (χ1n) is 18.5. The van der Waals surface area contributed by atoms with Crippen molar-refractivity contribution in [3.8, 4) is 17.2 Å². The van der Waals surface area contributed by atoms with Crippen LogP contribution in [0.25, 0.3) is 11.5 Å². The van der Waals surface area contributed by atoms with Crippen LogP contribution >= 0.6 is 0 Å². The summed E-state index contributed by atoms with van der Waals surface area (Å²) in [6, 6.07) is 19.9. The second-order valence-corrected chi connectivity index (χ2v) is 17.2. The topological polar surface area (TPSA) is 170 Å². The predicted molar refractivity (Wildman–Crippen MR) is 201 cm³/mol. The smallest absolute Gasteiger partial charge is 0.410 e. The molecule has 1 unspecified atom stereocenters. The maximum Gasteiger partial charge on any atom is 0.410 e. The van der Waals surface area contributed by atoms with Gasteiger partial charge >= 0.3 is 12.2 Å². The summed E-state index contributed by atoms with van der Waals surface area (Å²) in [5, 5.41) is 11.0. The minimum Gasteiger partial charge on any atom is -0.490 e. The van der Waals surface area contributed by atoms with E-state index >= 15 is 0 Å². The van der Waals surface area contributed by atoms with Crippen molar-refractivity contribution in [1.29, 1.82) is 0 Å². The van der Waals surface area contributed by atoms with Gasteiger partial charge in [0.05, 0.1) is 34.9 Å². The number of amides is 3. The quantitative estimate of drug-likeness (QED) is 0.200. The van der Waals surface area contributed by atoms with Crippen molar-refractivity contribution in [2.75, 3.05) is 23.7 Å². The maximum atomic E-state index is 14.3. The number of benzene rings is 3. The van der Waals surface area contributed by atoms with Crippen LogP contribution < -0.4 is 15.0 Å². The minimum absolute atomic E-state index is 0.00558. The average Bonchev–Trinajstić information content (AvgIpc) is 3.95. The molecule has 2 fully saturated rings. The molecule has 3 heterocycles. The maximum absolute atomic E-state index is 14.3. The van der Waals surface area contributed by atoms with E-state index in [0.29, 0.717) is 42.3 Å². The number of nitrogens with one attached hydrogen (secondary N) is 1. The van der Waals surface area contributed by atoms with Gasteiger partial charge in [0.15, 0.2) is 9.84 Å². The third-order valence-corrected chi connectivity index (χ3v) is 11.6. The Morgan fingerprint density at radius 2 is 1.69 bits per heavy atom. The Bertz CT molecular complexity index is 2130. The fourth-order valence-corrected chi connectivity index (χ4v) is 8.64. The number of anilines is 1. The summed E-state index contributed by atoms with van der Waals surface area (Å²) >= 11 is 0. The molecule has 1 aliphatic carbocycles. The first-order valence-corrected chi connectivity index (χ1v) is 20.2. The van der Waals surface area contributed by atoms with E-state index in [-0.39, 0.29) is 41.6 Å². The van der Waals surface area contributed by atoms with Gasteiger partial charge in [-0.15, -0.1) is 10.2 Å². The largest absolute Gasteiger partial charge is 0.490 e. The highest BCUT2D eigenvalue weighted by atomic mass is 32.2. The van der Waals surface area contributed by atoms with Crippen LogP contribution in [0.15, 0.2) is 82.1 Å². The molecule has 2 aliphatic heterocycles. The van der Waals surface area contributed by atoms with Crippen LogP contribution in [0.1, 0.15) is 75.8 Å². The van der Waals surface area contributed by atoms with Crippen molar-refractivity contribution >= 4 is 33.6 Å². The van der Waals surface area contributed by atoms with Crippen molar-refractivity contribution < 1.29 is 41.4 Å². The van der Waals surface area contributed by atoms with E-state index < -0.39 is 45.3 Å². The van der Waals surface area contributed by atoms with E-state index in [4.69, 9.17) is 18.6 Å². The standard InChI is InChI=1S/C40H45N5O9S/c1-40(2,3)54-38(47)41-32-25-55(49,50)34-18-15-28(21-33(34)45(37(32)46)22-26-13-16-31(17-14-26)52-30-11-7-8-12-30)35-42-43-36(53-35)29-19-20-44(23-29)39(48)51-24-27-9-5-4-6-10-27/h4-6,9-10,13-18,21,29-30,32H,7-8,11-12,19-20,22-25H2,1-3H3,(H,41,47)/t29?,32-/m0/s1. The molecule has 14 nitrogen and oxygen atoms in total. The summed E-state index contributed by atoms with van der Waals surface area (Å²) in [4.78, 5) is 42.8. The highest BCUT2D eigenvalue weighted by Gasteiger charge is 2.40. The third-order valence-electron chi connectivity index (χ3n) is 9.78. The molecule has 4 aromatic rings.